The standard InChI is InChI=1S/C14H24O/c1-4-5-8-14(11-12(2)3)9-6-13(15)7-10-14/h6-7,9,12,15H,4-5,8,10-11H2,1-3H3. The van der Waals surface area contributed by atoms with Crippen LogP contribution in [0, 0.1) is 11.3 Å². The lowest BCUT2D eigenvalue weighted by Crippen LogP contribution is -2.22. The normalized spacial score (nSPS) is 25.7. The van der Waals surface area contributed by atoms with Gasteiger partial charge in [-0.1, -0.05) is 39.7 Å². The lowest BCUT2D eigenvalue weighted by atomic mass is 9.72. The molecule has 0 bridgehead atoms. The van der Waals surface area contributed by atoms with Crippen LogP contribution in [0.4, 0.5) is 0 Å². The third-order valence-corrected chi connectivity index (χ3v) is 3.17. The van der Waals surface area contributed by atoms with E-state index in [1.165, 1.54) is 25.7 Å². The Hall–Kier alpha value is -0.720. The van der Waals surface area contributed by atoms with E-state index >= 15 is 0 Å². The van der Waals surface area contributed by atoms with E-state index < -0.39 is 0 Å². The van der Waals surface area contributed by atoms with Crippen molar-refractivity contribution in [2.24, 2.45) is 11.3 Å². The topological polar surface area (TPSA) is 20.2 Å². The first-order valence-electron chi connectivity index (χ1n) is 6.16. The van der Waals surface area contributed by atoms with Crippen LogP contribution in [0.3, 0.4) is 0 Å². The Kier molecular flexibility index (Phi) is 4.44. The molecule has 1 aliphatic rings. The molecular formula is C14H24O. The van der Waals surface area contributed by atoms with Crippen molar-refractivity contribution in [3.63, 3.8) is 0 Å². The predicted octanol–water partition coefficient (Wildman–Crippen LogP) is 4.61. The summed E-state index contributed by atoms with van der Waals surface area (Å²) in [7, 11) is 0. The number of aliphatic hydroxyl groups is 1. The second kappa shape index (κ2) is 5.39. The zero-order valence-electron chi connectivity index (χ0n) is 10.3. The minimum Gasteiger partial charge on any atom is -0.508 e. The van der Waals surface area contributed by atoms with Gasteiger partial charge in [-0.25, -0.2) is 0 Å². The van der Waals surface area contributed by atoms with Crippen LogP contribution in [0.15, 0.2) is 24.0 Å². The largest absolute Gasteiger partial charge is 0.508 e. The lowest BCUT2D eigenvalue weighted by molar-refractivity contribution is 0.265. The van der Waals surface area contributed by atoms with Crippen LogP contribution in [0.2, 0.25) is 0 Å². The van der Waals surface area contributed by atoms with Crippen molar-refractivity contribution < 1.29 is 5.11 Å². The van der Waals surface area contributed by atoms with Crippen molar-refractivity contribution in [1.29, 1.82) is 0 Å². The minimum atomic E-state index is 0.316. The predicted molar refractivity (Wildman–Crippen MR) is 65.9 cm³/mol. The van der Waals surface area contributed by atoms with Crippen molar-refractivity contribution in [1.82, 2.24) is 0 Å². The molecule has 1 aliphatic carbocycles. The third kappa shape index (κ3) is 3.73. The molecule has 1 heteroatoms. The molecule has 1 rings (SSSR count). The molecule has 0 heterocycles. The average Bonchev–Trinajstić information content (AvgIpc) is 2.19. The second-order valence-electron chi connectivity index (χ2n) is 5.23. The molecule has 1 N–H and O–H groups in total. The fraction of sp³-hybridized carbons (Fsp3) is 0.714. The number of allylic oxidation sites excluding steroid dienone is 3. The first-order chi connectivity index (χ1) is 7.08. The highest BCUT2D eigenvalue weighted by molar-refractivity contribution is 5.21. The zero-order valence-corrected chi connectivity index (χ0v) is 10.3. The maximum absolute atomic E-state index is 9.38. The average molecular weight is 208 g/mol. The highest BCUT2D eigenvalue weighted by atomic mass is 16.3. The van der Waals surface area contributed by atoms with Gasteiger partial charge in [0.1, 0.15) is 5.76 Å². The van der Waals surface area contributed by atoms with Gasteiger partial charge in [-0.2, -0.15) is 0 Å². The van der Waals surface area contributed by atoms with Crippen LogP contribution < -0.4 is 0 Å². The van der Waals surface area contributed by atoms with E-state index in [9.17, 15) is 5.11 Å². The molecule has 0 aromatic carbocycles. The van der Waals surface area contributed by atoms with Gasteiger partial charge in [-0.3, -0.25) is 0 Å². The summed E-state index contributed by atoms with van der Waals surface area (Å²) in [5.41, 5.74) is 0.316. The molecular weight excluding hydrogens is 184 g/mol. The Morgan fingerprint density at radius 1 is 1.47 bits per heavy atom. The van der Waals surface area contributed by atoms with E-state index in [1.807, 2.05) is 12.2 Å². The van der Waals surface area contributed by atoms with E-state index in [4.69, 9.17) is 0 Å². The smallest absolute Gasteiger partial charge is 0.111 e. The highest BCUT2D eigenvalue weighted by Crippen LogP contribution is 2.40. The van der Waals surface area contributed by atoms with Crippen molar-refractivity contribution in [2.75, 3.05) is 0 Å². The van der Waals surface area contributed by atoms with Crippen molar-refractivity contribution in [2.45, 2.75) is 52.9 Å². The van der Waals surface area contributed by atoms with Gasteiger partial charge in [-0.05, 0) is 42.7 Å². The van der Waals surface area contributed by atoms with Gasteiger partial charge in [0.2, 0.25) is 0 Å². The number of aliphatic hydroxyl groups excluding tert-OH is 1. The molecule has 1 atom stereocenters. The van der Waals surface area contributed by atoms with Gasteiger partial charge < -0.3 is 5.11 Å². The van der Waals surface area contributed by atoms with E-state index in [2.05, 4.69) is 26.8 Å². The first-order valence-corrected chi connectivity index (χ1v) is 6.16. The summed E-state index contributed by atoms with van der Waals surface area (Å²) < 4.78 is 0. The molecule has 1 unspecified atom stereocenters. The Labute approximate surface area is 93.9 Å². The zero-order chi connectivity index (χ0) is 11.3. The molecule has 0 radical (unpaired) electrons. The second-order valence-corrected chi connectivity index (χ2v) is 5.23. The SMILES string of the molecule is CCCCC1(CC(C)C)C=CC(O)=CC1. The summed E-state index contributed by atoms with van der Waals surface area (Å²) >= 11 is 0. The van der Waals surface area contributed by atoms with Gasteiger partial charge in [0.15, 0.2) is 0 Å². The Bertz CT molecular complexity index is 250. The number of hydrogen-bond donors (Lipinski definition) is 1. The molecule has 0 saturated heterocycles. The number of unbranched alkanes of at least 4 members (excludes halogenated alkanes) is 1. The summed E-state index contributed by atoms with van der Waals surface area (Å²) in [5, 5.41) is 9.38. The molecule has 1 nitrogen and oxygen atoms in total. The molecule has 0 saturated carbocycles. The Morgan fingerprint density at radius 3 is 2.67 bits per heavy atom. The molecule has 0 fully saturated rings. The molecule has 0 aromatic rings. The summed E-state index contributed by atoms with van der Waals surface area (Å²) in [6.45, 7) is 6.79. The van der Waals surface area contributed by atoms with Crippen LogP contribution in [0.5, 0.6) is 0 Å². The van der Waals surface area contributed by atoms with E-state index in [0.29, 0.717) is 11.2 Å². The molecule has 0 aliphatic heterocycles. The third-order valence-electron chi connectivity index (χ3n) is 3.17. The van der Waals surface area contributed by atoms with Gasteiger partial charge in [0.05, 0.1) is 0 Å². The van der Waals surface area contributed by atoms with Gasteiger partial charge in [0.25, 0.3) is 0 Å². The molecule has 0 amide bonds. The van der Waals surface area contributed by atoms with Crippen molar-refractivity contribution >= 4 is 0 Å². The maximum Gasteiger partial charge on any atom is 0.111 e. The van der Waals surface area contributed by atoms with Crippen LogP contribution in [0.25, 0.3) is 0 Å². The van der Waals surface area contributed by atoms with Gasteiger partial charge in [-0.15, -0.1) is 0 Å². The molecule has 86 valence electrons. The Morgan fingerprint density at radius 2 is 2.20 bits per heavy atom. The van der Waals surface area contributed by atoms with Crippen LogP contribution in [-0.2, 0) is 0 Å². The summed E-state index contributed by atoms with van der Waals surface area (Å²) in [6, 6.07) is 0. The fourth-order valence-corrected chi connectivity index (χ4v) is 2.49. The van der Waals surface area contributed by atoms with Crippen LogP contribution >= 0.6 is 0 Å². The van der Waals surface area contributed by atoms with Gasteiger partial charge in [0, 0.05) is 0 Å². The van der Waals surface area contributed by atoms with Crippen molar-refractivity contribution in [3.8, 4) is 0 Å². The summed E-state index contributed by atoms with van der Waals surface area (Å²) in [4.78, 5) is 0. The fourth-order valence-electron chi connectivity index (χ4n) is 2.49. The highest BCUT2D eigenvalue weighted by Gasteiger charge is 2.28. The van der Waals surface area contributed by atoms with Crippen molar-refractivity contribution in [3.05, 3.63) is 24.0 Å². The monoisotopic (exact) mass is 208 g/mol. The minimum absolute atomic E-state index is 0.316. The van der Waals surface area contributed by atoms with E-state index in [1.54, 1.807) is 0 Å². The van der Waals surface area contributed by atoms with E-state index in [0.717, 1.165) is 12.3 Å². The summed E-state index contributed by atoms with van der Waals surface area (Å²) in [5.74, 6) is 1.16. The quantitative estimate of drug-likeness (QED) is 0.699. The first kappa shape index (κ1) is 12.4. The molecule has 0 aromatic heterocycles. The van der Waals surface area contributed by atoms with Crippen LogP contribution in [-0.4, -0.2) is 5.11 Å². The molecule has 0 spiro atoms. The van der Waals surface area contributed by atoms with Crippen LogP contribution in [0.1, 0.15) is 52.9 Å². The van der Waals surface area contributed by atoms with E-state index in [-0.39, 0.29) is 0 Å². The Balaban J connectivity index is 2.66. The lowest BCUT2D eigenvalue weighted by Gasteiger charge is -2.33. The van der Waals surface area contributed by atoms with Gasteiger partial charge >= 0.3 is 0 Å². The molecule has 15 heavy (non-hydrogen) atoms. The maximum atomic E-state index is 9.38. The summed E-state index contributed by atoms with van der Waals surface area (Å²) in [6.07, 6.45) is 12.1. The number of hydrogen-bond acceptors (Lipinski definition) is 1. The number of rotatable bonds is 5.